The lowest BCUT2D eigenvalue weighted by Gasteiger charge is -2.06. The number of nitrogen functional groups attached to an aromatic ring is 1. The Hall–Kier alpha value is -2.63. The summed E-state index contributed by atoms with van der Waals surface area (Å²) in [5.74, 6) is -0.104. The molecule has 1 amide bonds. The number of nitrogens with two attached hydrogens (primary N) is 1. The fourth-order valence-corrected chi connectivity index (χ4v) is 1.80. The molecule has 104 valence electrons. The van der Waals surface area contributed by atoms with Crippen LogP contribution >= 0.6 is 0 Å². The van der Waals surface area contributed by atoms with Gasteiger partial charge in [-0.05, 0) is 24.6 Å². The van der Waals surface area contributed by atoms with E-state index in [1.165, 1.54) is 23.2 Å². The highest BCUT2D eigenvalue weighted by Gasteiger charge is 2.03. The molecule has 0 aliphatic rings. The Bertz CT molecular complexity index is 651. The van der Waals surface area contributed by atoms with Crippen molar-refractivity contribution in [2.24, 2.45) is 0 Å². The molecule has 0 spiro atoms. The number of carbonyl (C=O) groups is 1. The predicted octanol–water partition coefficient (Wildman–Crippen LogP) is 1.24. The van der Waals surface area contributed by atoms with Crippen LogP contribution in [0.5, 0.6) is 0 Å². The molecule has 0 bridgehead atoms. The van der Waals surface area contributed by atoms with Gasteiger partial charge in [-0.2, -0.15) is 0 Å². The Balaban J connectivity index is 1.81. The highest BCUT2D eigenvalue weighted by atomic mass is 16.1. The van der Waals surface area contributed by atoms with Crippen LogP contribution in [0.15, 0.2) is 47.7 Å². The number of benzene rings is 1. The molecule has 0 radical (unpaired) electrons. The number of aryl methyl sites for hydroxylation is 1. The maximum atomic E-state index is 11.7. The molecule has 0 unspecified atom stereocenters. The normalized spacial score (nSPS) is 10.2. The summed E-state index contributed by atoms with van der Waals surface area (Å²) in [6.45, 7) is 0.469. The first-order valence-corrected chi connectivity index (χ1v) is 6.31. The van der Waals surface area contributed by atoms with Gasteiger partial charge >= 0.3 is 0 Å². The highest BCUT2D eigenvalue weighted by molar-refractivity contribution is 5.91. The lowest BCUT2D eigenvalue weighted by atomic mass is 10.2. The Morgan fingerprint density at radius 1 is 1.35 bits per heavy atom. The molecule has 20 heavy (non-hydrogen) atoms. The van der Waals surface area contributed by atoms with Crippen LogP contribution in [0.2, 0.25) is 0 Å². The lowest BCUT2D eigenvalue weighted by molar-refractivity contribution is -0.116. The first-order valence-electron chi connectivity index (χ1n) is 6.31. The maximum absolute atomic E-state index is 11.7. The van der Waals surface area contributed by atoms with Crippen LogP contribution in [0, 0.1) is 0 Å². The summed E-state index contributed by atoms with van der Waals surface area (Å²) >= 11 is 0. The van der Waals surface area contributed by atoms with Crippen LogP contribution in [0.4, 0.5) is 11.4 Å². The van der Waals surface area contributed by atoms with Gasteiger partial charge in [0.15, 0.2) is 0 Å². The van der Waals surface area contributed by atoms with Crippen molar-refractivity contribution < 1.29 is 4.79 Å². The van der Waals surface area contributed by atoms with Crippen molar-refractivity contribution in [3.8, 4) is 0 Å². The van der Waals surface area contributed by atoms with Crippen LogP contribution in [0.25, 0.3) is 0 Å². The van der Waals surface area contributed by atoms with E-state index in [4.69, 9.17) is 5.73 Å². The summed E-state index contributed by atoms with van der Waals surface area (Å²) in [6, 6.07) is 8.40. The van der Waals surface area contributed by atoms with Crippen molar-refractivity contribution in [1.82, 2.24) is 9.55 Å². The molecule has 0 saturated carbocycles. The standard InChI is InChI=1S/C14H16N4O2/c15-11-3-1-4-12(9-11)17-13(19)5-2-8-18-10-16-7-6-14(18)20/h1,3-4,6-7,9-10H,2,5,8,15H2,(H,17,19). The van der Waals surface area contributed by atoms with E-state index in [9.17, 15) is 9.59 Å². The second-order valence-corrected chi connectivity index (χ2v) is 4.39. The molecule has 0 aliphatic carbocycles. The number of hydrogen-bond donors (Lipinski definition) is 2. The van der Waals surface area contributed by atoms with Gasteiger partial charge in [-0.3, -0.25) is 14.2 Å². The van der Waals surface area contributed by atoms with Crippen molar-refractivity contribution in [2.45, 2.75) is 19.4 Å². The molecule has 1 heterocycles. The molecule has 3 N–H and O–H groups in total. The Morgan fingerprint density at radius 3 is 2.95 bits per heavy atom. The molecule has 1 aromatic carbocycles. The second-order valence-electron chi connectivity index (χ2n) is 4.39. The Labute approximate surface area is 116 Å². The van der Waals surface area contributed by atoms with Gasteiger partial charge in [-0.1, -0.05) is 6.07 Å². The van der Waals surface area contributed by atoms with Crippen LogP contribution in [0.1, 0.15) is 12.8 Å². The summed E-state index contributed by atoms with van der Waals surface area (Å²) in [5.41, 5.74) is 6.79. The monoisotopic (exact) mass is 272 g/mol. The van der Waals surface area contributed by atoms with Crippen LogP contribution < -0.4 is 16.6 Å². The van der Waals surface area contributed by atoms with Gasteiger partial charge in [-0.15, -0.1) is 0 Å². The first kappa shape index (κ1) is 13.8. The number of hydrogen-bond acceptors (Lipinski definition) is 4. The third kappa shape index (κ3) is 3.94. The minimum absolute atomic E-state index is 0.104. The molecular formula is C14H16N4O2. The summed E-state index contributed by atoms with van der Waals surface area (Å²) < 4.78 is 1.48. The van der Waals surface area contributed by atoms with Gasteiger partial charge in [0.05, 0.1) is 6.33 Å². The van der Waals surface area contributed by atoms with Gasteiger partial charge in [0.25, 0.3) is 5.56 Å². The average Bonchev–Trinajstić information content (AvgIpc) is 2.41. The quantitative estimate of drug-likeness (QED) is 0.801. The van der Waals surface area contributed by atoms with E-state index < -0.39 is 0 Å². The number of nitrogens with zero attached hydrogens (tertiary/aromatic N) is 2. The highest BCUT2D eigenvalue weighted by Crippen LogP contribution is 2.12. The summed E-state index contributed by atoms with van der Waals surface area (Å²) in [6.07, 6.45) is 3.82. The van der Waals surface area contributed by atoms with Gasteiger partial charge in [0, 0.05) is 36.6 Å². The SMILES string of the molecule is Nc1cccc(NC(=O)CCCn2cnccc2=O)c1. The molecule has 6 heteroatoms. The van der Waals surface area contributed by atoms with Crippen molar-refractivity contribution in [2.75, 3.05) is 11.1 Å². The van der Waals surface area contributed by atoms with Crippen molar-refractivity contribution in [3.05, 3.63) is 53.2 Å². The fourth-order valence-electron chi connectivity index (χ4n) is 1.80. The van der Waals surface area contributed by atoms with E-state index in [1.54, 1.807) is 24.3 Å². The van der Waals surface area contributed by atoms with E-state index >= 15 is 0 Å². The Kier molecular flexibility index (Phi) is 4.49. The third-order valence-electron chi connectivity index (χ3n) is 2.77. The van der Waals surface area contributed by atoms with Gasteiger partial charge in [0.2, 0.25) is 5.91 Å². The predicted molar refractivity (Wildman–Crippen MR) is 77.2 cm³/mol. The average molecular weight is 272 g/mol. The molecule has 0 saturated heterocycles. The molecule has 1 aromatic heterocycles. The lowest BCUT2D eigenvalue weighted by Crippen LogP contribution is -2.20. The molecule has 2 aromatic rings. The summed E-state index contributed by atoms with van der Waals surface area (Å²) in [7, 11) is 0. The molecule has 2 rings (SSSR count). The number of rotatable bonds is 5. The zero-order valence-corrected chi connectivity index (χ0v) is 11.0. The van der Waals surface area contributed by atoms with Crippen LogP contribution in [0.3, 0.4) is 0 Å². The minimum Gasteiger partial charge on any atom is -0.399 e. The third-order valence-corrected chi connectivity index (χ3v) is 2.77. The van der Waals surface area contributed by atoms with Gasteiger partial charge in [0.1, 0.15) is 0 Å². The van der Waals surface area contributed by atoms with Crippen molar-refractivity contribution in [1.29, 1.82) is 0 Å². The van der Waals surface area contributed by atoms with Gasteiger partial charge in [-0.25, -0.2) is 4.98 Å². The summed E-state index contributed by atoms with van der Waals surface area (Å²) in [4.78, 5) is 27.0. The fraction of sp³-hybridized carbons (Fsp3) is 0.214. The number of aromatic nitrogens is 2. The van der Waals surface area contributed by atoms with E-state index in [-0.39, 0.29) is 11.5 Å². The first-order chi connectivity index (χ1) is 9.65. The molecule has 0 fully saturated rings. The maximum Gasteiger partial charge on any atom is 0.253 e. The molecule has 6 nitrogen and oxygen atoms in total. The van der Waals surface area contributed by atoms with E-state index in [1.807, 2.05) is 0 Å². The van der Waals surface area contributed by atoms with Crippen molar-refractivity contribution >= 4 is 17.3 Å². The van der Waals surface area contributed by atoms with E-state index in [0.29, 0.717) is 30.8 Å². The molecule has 0 atom stereocenters. The van der Waals surface area contributed by atoms with Crippen LogP contribution in [-0.4, -0.2) is 15.5 Å². The number of anilines is 2. The number of carbonyl (C=O) groups excluding carboxylic acids is 1. The largest absolute Gasteiger partial charge is 0.399 e. The zero-order valence-electron chi connectivity index (χ0n) is 11.0. The Morgan fingerprint density at radius 2 is 2.20 bits per heavy atom. The van der Waals surface area contributed by atoms with E-state index in [2.05, 4.69) is 10.3 Å². The summed E-state index contributed by atoms with van der Waals surface area (Å²) in [5, 5.41) is 2.76. The number of nitrogens with one attached hydrogen (secondary N) is 1. The second kappa shape index (κ2) is 6.51. The zero-order chi connectivity index (χ0) is 14.4. The van der Waals surface area contributed by atoms with Crippen LogP contribution in [-0.2, 0) is 11.3 Å². The molecular weight excluding hydrogens is 256 g/mol. The van der Waals surface area contributed by atoms with E-state index in [0.717, 1.165) is 0 Å². The topological polar surface area (TPSA) is 90.0 Å². The minimum atomic E-state index is -0.115. The smallest absolute Gasteiger partial charge is 0.253 e. The van der Waals surface area contributed by atoms with Gasteiger partial charge < -0.3 is 11.1 Å². The number of amides is 1. The van der Waals surface area contributed by atoms with Crippen molar-refractivity contribution in [3.63, 3.8) is 0 Å². The molecule has 0 aliphatic heterocycles.